The molecule has 0 spiro atoms. The van der Waals surface area contributed by atoms with Crippen LogP contribution in [0.3, 0.4) is 0 Å². The highest BCUT2D eigenvalue weighted by Crippen LogP contribution is 2.18. The van der Waals surface area contributed by atoms with Gasteiger partial charge in [-0.2, -0.15) is 0 Å². The maximum atomic E-state index is 12.4. The van der Waals surface area contributed by atoms with Gasteiger partial charge in [0.05, 0.1) is 0 Å². The van der Waals surface area contributed by atoms with E-state index in [0.717, 1.165) is 57.8 Å². The van der Waals surface area contributed by atoms with Crippen molar-refractivity contribution in [1.29, 1.82) is 0 Å². The molecule has 0 saturated heterocycles. The largest absolute Gasteiger partial charge is 0.481 e. The second-order valence-electron chi connectivity index (χ2n) is 11.0. The summed E-state index contributed by atoms with van der Waals surface area (Å²) in [4.78, 5) is 23.0. The van der Waals surface area contributed by atoms with Crippen LogP contribution in [0, 0.1) is 0 Å². The van der Waals surface area contributed by atoms with Gasteiger partial charge in [0.25, 0.3) is 0 Å². The van der Waals surface area contributed by atoms with Crippen LogP contribution in [-0.2, 0) is 14.3 Å². The minimum atomic E-state index is -0.684. The monoisotopic (exact) mass is 522 g/mol. The second-order valence-corrected chi connectivity index (χ2v) is 11.0. The third kappa shape index (κ3) is 29.1. The molecule has 1 unspecified atom stereocenters. The van der Waals surface area contributed by atoms with E-state index in [1.54, 1.807) is 0 Å². The zero-order valence-corrected chi connectivity index (χ0v) is 24.8. The fourth-order valence-electron chi connectivity index (χ4n) is 4.82. The fraction of sp³-hybridized carbons (Fsp3) is 0.879. The van der Waals surface area contributed by atoms with Crippen LogP contribution in [0.5, 0.6) is 0 Å². The Morgan fingerprint density at radius 3 is 1.51 bits per heavy atom. The lowest BCUT2D eigenvalue weighted by atomic mass is 10.0. The number of esters is 1. The van der Waals surface area contributed by atoms with Gasteiger partial charge in [-0.3, -0.25) is 9.59 Å². The number of allylic oxidation sites excluding steroid dienone is 2. The molecule has 218 valence electrons. The van der Waals surface area contributed by atoms with Crippen LogP contribution < -0.4 is 0 Å². The SMILES string of the molecule is CCCCCC/C=C\CCCCCCCC(=O)OC(CCCCC)CCCCCCCCCCC(=O)O. The molecule has 0 rings (SSSR count). The first-order valence-corrected chi connectivity index (χ1v) is 16.2. The summed E-state index contributed by atoms with van der Waals surface area (Å²) in [7, 11) is 0. The first kappa shape index (κ1) is 35.7. The van der Waals surface area contributed by atoms with Crippen LogP contribution in [0.1, 0.15) is 181 Å². The minimum absolute atomic E-state index is 0.00821. The van der Waals surface area contributed by atoms with Crippen molar-refractivity contribution in [3.8, 4) is 0 Å². The number of ether oxygens (including phenoxy) is 1. The Bertz CT molecular complexity index is 528. The van der Waals surface area contributed by atoms with Crippen molar-refractivity contribution in [3.63, 3.8) is 0 Å². The first-order valence-electron chi connectivity index (χ1n) is 16.2. The van der Waals surface area contributed by atoms with E-state index in [1.807, 2.05) is 0 Å². The van der Waals surface area contributed by atoms with E-state index in [0.29, 0.717) is 12.8 Å². The molecule has 0 saturated carbocycles. The number of carbonyl (C=O) groups is 2. The molecule has 4 nitrogen and oxygen atoms in total. The van der Waals surface area contributed by atoms with Crippen LogP contribution in [0.4, 0.5) is 0 Å². The highest BCUT2D eigenvalue weighted by Gasteiger charge is 2.14. The predicted molar refractivity (Wildman–Crippen MR) is 158 cm³/mol. The van der Waals surface area contributed by atoms with E-state index in [2.05, 4.69) is 26.0 Å². The Labute approximate surface area is 230 Å². The highest BCUT2D eigenvalue weighted by atomic mass is 16.5. The highest BCUT2D eigenvalue weighted by molar-refractivity contribution is 5.69. The quantitative estimate of drug-likeness (QED) is 0.0602. The van der Waals surface area contributed by atoms with Crippen molar-refractivity contribution in [2.24, 2.45) is 0 Å². The zero-order valence-electron chi connectivity index (χ0n) is 24.8. The maximum absolute atomic E-state index is 12.4. The molecule has 4 heteroatoms. The van der Waals surface area contributed by atoms with Crippen molar-refractivity contribution >= 4 is 11.9 Å². The molecule has 0 aliphatic carbocycles. The molecule has 0 heterocycles. The van der Waals surface area contributed by atoms with E-state index >= 15 is 0 Å². The summed E-state index contributed by atoms with van der Waals surface area (Å²) in [5.74, 6) is -0.676. The zero-order chi connectivity index (χ0) is 27.2. The van der Waals surface area contributed by atoms with E-state index in [9.17, 15) is 9.59 Å². The van der Waals surface area contributed by atoms with Gasteiger partial charge in [0.15, 0.2) is 0 Å². The van der Waals surface area contributed by atoms with Crippen molar-refractivity contribution in [1.82, 2.24) is 0 Å². The molecule has 0 bridgehead atoms. The van der Waals surface area contributed by atoms with E-state index in [1.165, 1.54) is 96.3 Å². The van der Waals surface area contributed by atoms with Gasteiger partial charge in [0.1, 0.15) is 6.10 Å². The number of carboxylic acids is 1. The van der Waals surface area contributed by atoms with Crippen LogP contribution in [0.25, 0.3) is 0 Å². The van der Waals surface area contributed by atoms with Gasteiger partial charge in [-0.15, -0.1) is 0 Å². The molecule has 0 aromatic carbocycles. The summed E-state index contributed by atoms with van der Waals surface area (Å²) in [6, 6.07) is 0. The number of carbonyl (C=O) groups excluding carboxylic acids is 1. The van der Waals surface area contributed by atoms with Crippen LogP contribution in [0.2, 0.25) is 0 Å². The molecule has 0 aliphatic heterocycles. The van der Waals surface area contributed by atoms with Gasteiger partial charge in [-0.05, 0) is 64.2 Å². The number of carboxylic acid groups (broad SMARTS) is 1. The van der Waals surface area contributed by atoms with E-state index in [-0.39, 0.29) is 12.1 Å². The van der Waals surface area contributed by atoms with Crippen molar-refractivity contribution in [2.45, 2.75) is 187 Å². The third-order valence-electron chi connectivity index (χ3n) is 7.24. The van der Waals surface area contributed by atoms with Gasteiger partial charge in [-0.25, -0.2) is 0 Å². The van der Waals surface area contributed by atoms with Gasteiger partial charge in [-0.1, -0.05) is 116 Å². The Hall–Kier alpha value is -1.32. The third-order valence-corrected chi connectivity index (χ3v) is 7.24. The van der Waals surface area contributed by atoms with Gasteiger partial charge >= 0.3 is 11.9 Å². The molecule has 1 N–H and O–H groups in total. The summed E-state index contributed by atoms with van der Waals surface area (Å²) < 4.78 is 5.90. The molecule has 37 heavy (non-hydrogen) atoms. The molecule has 1 atom stereocenters. The Balaban J connectivity index is 3.79. The number of aliphatic carboxylic acids is 1. The van der Waals surface area contributed by atoms with E-state index in [4.69, 9.17) is 9.84 Å². The normalized spacial score (nSPS) is 12.3. The summed E-state index contributed by atoms with van der Waals surface area (Å²) in [6.45, 7) is 4.47. The fourth-order valence-corrected chi connectivity index (χ4v) is 4.82. The number of rotatable bonds is 29. The van der Waals surface area contributed by atoms with Crippen molar-refractivity contribution in [3.05, 3.63) is 12.2 Å². The Kier molecular flexibility index (Phi) is 28.2. The predicted octanol–water partition coefficient (Wildman–Crippen LogP) is 10.7. The van der Waals surface area contributed by atoms with Crippen LogP contribution in [0.15, 0.2) is 12.2 Å². The smallest absolute Gasteiger partial charge is 0.306 e. The average molecular weight is 523 g/mol. The molecule has 0 aromatic rings. The minimum Gasteiger partial charge on any atom is -0.481 e. The maximum Gasteiger partial charge on any atom is 0.306 e. The Morgan fingerprint density at radius 2 is 0.973 bits per heavy atom. The summed E-state index contributed by atoms with van der Waals surface area (Å²) in [6.07, 6.45) is 33.8. The standard InChI is InChI=1S/C33H62O4/c1-3-5-7-8-9-10-11-12-13-14-19-22-26-30-33(36)37-31(27-23-6-4-2)28-24-20-17-15-16-18-21-25-29-32(34)35/h10-11,31H,3-9,12-30H2,1-2H3,(H,34,35)/b11-10-. The lowest BCUT2D eigenvalue weighted by molar-refractivity contribution is -0.150. The summed E-state index contributed by atoms with van der Waals surface area (Å²) >= 11 is 0. The number of hydrogen-bond acceptors (Lipinski definition) is 3. The van der Waals surface area contributed by atoms with Gasteiger partial charge < -0.3 is 9.84 Å². The molecule has 0 fully saturated rings. The van der Waals surface area contributed by atoms with E-state index < -0.39 is 5.97 Å². The first-order chi connectivity index (χ1) is 18.1. The molecule has 0 aliphatic rings. The molecule has 0 amide bonds. The summed E-state index contributed by atoms with van der Waals surface area (Å²) in [5, 5.41) is 8.67. The van der Waals surface area contributed by atoms with Crippen molar-refractivity contribution < 1.29 is 19.4 Å². The molecule has 0 radical (unpaired) electrons. The van der Waals surface area contributed by atoms with Crippen molar-refractivity contribution in [2.75, 3.05) is 0 Å². The molecular formula is C33H62O4. The lowest BCUT2D eigenvalue weighted by Gasteiger charge is -2.18. The van der Waals surface area contributed by atoms with Crippen LogP contribution >= 0.6 is 0 Å². The Morgan fingerprint density at radius 1 is 0.568 bits per heavy atom. The summed E-state index contributed by atoms with van der Waals surface area (Å²) in [5.41, 5.74) is 0. The van der Waals surface area contributed by atoms with Crippen LogP contribution in [-0.4, -0.2) is 23.1 Å². The topological polar surface area (TPSA) is 63.6 Å². The average Bonchev–Trinajstić information content (AvgIpc) is 2.87. The van der Waals surface area contributed by atoms with Gasteiger partial charge in [0.2, 0.25) is 0 Å². The lowest BCUT2D eigenvalue weighted by Crippen LogP contribution is -2.18. The molecule has 0 aromatic heterocycles. The second kappa shape index (κ2) is 29.2. The number of hydrogen-bond donors (Lipinski definition) is 1. The number of unbranched alkanes of at least 4 members (excludes halogenated alkanes) is 18. The van der Waals surface area contributed by atoms with Gasteiger partial charge in [0, 0.05) is 12.8 Å². The molecular weight excluding hydrogens is 460 g/mol.